The summed E-state index contributed by atoms with van der Waals surface area (Å²) in [5.41, 5.74) is 7.86. The van der Waals surface area contributed by atoms with E-state index in [4.69, 9.17) is 0 Å². The van der Waals surface area contributed by atoms with Gasteiger partial charge in [-0.3, -0.25) is 0 Å². The van der Waals surface area contributed by atoms with Crippen molar-refractivity contribution in [1.82, 2.24) is 0 Å². The molecule has 0 fully saturated rings. The molecular weight excluding hydrogens is 230 g/mol. The molecule has 0 saturated heterocycles. The fourth-order valence-electron chi connectivity index (χ4n) is 3.29. The third-order valence-corrected chi connectivity index (χ3v) is 4.07. The van der Waals surface area contributed by atoms with Crippen LogP contribution in [0.2, 0.25) is 0 Å². The molecule has 1 aromatic heterocycles. The fourth-order valence-corrected chi connectivity index (χ4v) is 3.29. The predicted octanol–water partition coefficient (Wildman–Crippen LogP) is 4.24. The maximum atomic E-state index is 4.35. The minimum absolute atomic E-state index is 0.378. The van der Waals surface area contributed by atoms with Crippen molar-refractivity contribution in [3.8, 4) is 11.3 Å². The van der Waals surface area contributed by atoms with Gasteiger partial charge in [-0.25, -0.2) is 0 Å². The number of pyridine rings is 1. The summed E-state index contributed by atoms with van der Waals surface area (Å²) in [4.78, 5) is 0. The first kappa shape index (κ1) is 12.2. The molecule has 0 saturated carbocycles. The van der Waals surface area contributed by atoms with Crippen LogP contribution >= 0.6 is 0 Å². The molecule has 0 amide bonds. The molecule has 0 spiro atoms. The number of rotatable bonds is 1. The van der Waals surface area contributed by atoms with Gasteiger partial charge in [0.1, 0.15) is 0 Å². The average Bonchev–Trinajstić information content (AvgIpc) is 2.38. The van der Waals surface area contributed by atoms with E-state index in [-0.39, 0.29) is 0 Å². The Balaban J connectivity index is 2.39. The number of benzene rings is 1. The van der Waals surface area contributed by atoms with Crippen LogP contribution in [0.1, 0.15) is 36.1 Å². The molecule has 0 aliphatic carbocycles. The van der Waals surface area contributed by atoms with Gasteiger partial charge < -0.3 is 0 Å². The van der Waals surface area contributed by atoms with E-state index in [2.05, 4.69) is 68.4 Å². The highest BCUT2D eigenvalue weighted by Crippen LogP contribution is 2.38. The highest BCUT2D eigenvalue weighted by atomic mass is 15.0. The molecular formula is C18H20N+. The second kappa shape index (κ2) is 4.34. The van der Waals surface area contributed by atoms with Crippen LogP contribution in [0, 0.1) is 13.8 Å². The van der Waals surface area contributed by atoms with Crippen LogP contribution in [0.25, 0.3) is 16.8 Å². The summed E-state index contributed by atoms with van der Waals surface area (Å²) in [6.45, 7) is 10.9. The van der Waals surface area contributed by atoms with E-state index in [0.29, 0.717) is 6.04 Å². The van der Waals surface area contributed by atoms with E-state index >= 15 is 0 Å². The first-order valence-electron chi connectivity index (χ1n) is 6.94. The number of aryl methyl sites for hydroxylation is 2. The number of hydrogen-bond donors (Lipinski definition) is 0. The van der Waals surface area contributed by atoms with Gasteiger partial charge >= 0.3 is 0 Å². The lowest BCUT2D eigenvalue weighted by Gasteiger charge is -2.25. The molecule has 1 atom stereocenters. The molecule has 0 N–H and O–H groups in total. The van der Waals surface area contributed by atoms with Gasteiger partial charge in [-0.15, -0.1) is 0 Å². The van der Waals surface area contributed by atoms with Gasteiger partial charge in [-0.1, -0.05) is 31.7 Å². The van der Waals surface area contributed by atoms with Crippen molar-refractivity contribution in [3.63, 3.8) is 0 Å². The summed E-state index contributed by atoms with van der Waals surface area (Å²) in [5, 5.41) is 0. The van der Waals surface area contributed by atoms with Gasteiger partial charge in [0.15, 0.2) is 12.2 Å². The summed E-state index contributed by atoms with van der Waals surface area (Å²) in [5.74, 6) is 0. The molecule has 3 rings (SSSR count). The predicted molar refractivity (Wildman–Crippen MR) is 79.9 cm³/mol. The lowest BCUT2D eigenvalue weighted by atomic mass is 9.86. The maximum Gasteiger partial charge on any atom is 0.216 e. The highest BCUT2D eigenvalue weighted by Gasteiger charge is 2.34. The van der Waals surface area contributed by atoms with Crippen molar-refractivity contribution in [3.05, 3.63) is 59.8 Å². The van der Waals surface area contributed by atoms with Crippen LogP contribution in [0.5, 0.6) is 0 Å². The van der Waals surface area contributed by atoms with Crippen LogP contribution in [0.4, 0.5) is 0 Å². The number of hydrogen-bond acceptors (Lipinski definition) is 0. The van der Waals surface area contributed by atoms with Gasteiger partial charge in [-0.05, 0) is 31.5 Å². The fraction of sp³-hybridized carbons (Fsp3) is 0.278. The third-order valence-electron chi connectivity index (χ3n) is 4.07. The Morgan fingerprint density at radius 2 is 1.84 bits per heavy atom. The highest BCUT2D eigenvalue weighted by molar-refractivity contribution is 5.81. The zero-order valence-electron chi connectivity index (χ0n) is 11.9. The minimum Gasteiger partial charge on any atom is -0.191 e. The van der Waals surface area contributed by atoms with E-state index in [0.717, 1.165) is 6.42 Å². The van der Waals surface area contributed by atoms with Crippen LogP contribution in [-0.2, 0) is 0 Å². The molecule has 1 aliphatic rings. The largest absolute Gasteiger partial charge is 0.216 e. The number of nitrogens with zero attached hydrogens (tertiary/aromatic N) is 1. The molecule has 1 aromatic carbocycles. The Hall–Kier alpha value is -1.89. The second-order valence-corrected chi connectivity index (χ2v) is 5.45. The van der Waals surface area contributed by atoms with Gasteiger partial charge in [0, 0.05) is 23.1 Å². The Morgan fingerprint density at radius 1 is 1.16 bits per heavy atom. The molecule has 1 nitrogen and oxygen atoms in total. The van der Waals surface area contributed by atoms with E-state index in [9.17, 15) is 0 Å². The average molecular weight is 250 g/mol. The van der Waals surface area contributed by atoms with E-state index < -0.39 is 0 Å². The quantitative estimate of drug-likeness (QED) is 0.667. The zero-order chi connectivity index (χ0) is 13.6. The molecule has 2 heterocycles. The Kier molecular flexibility index (Phi) is 2.78. The van der Waals surface area contributed by atoms with Crippen molar-refractivity contribution in [1.29, 1.82) is 0 Å². The van der Waals surface area contributed by atoms with Crippen molar-refractivity contribution < 1.29 is 4.57 Å². The topological polar surface area (TPSA) is 3.88 Å². The molecule has 96 valence electrons. The van der Waals surface area contributed by atoms with Crippen molar-refractivity contribution in [2.45, 2.75) is 33.2 Å². The van der Waals surface area contributed by atoms with Crippen molar-refractivity contribution >= 4 is 5.57 Å². The minimum atomic E-state index is 0.378. The van der Waals surface area contributed by atoms with Crippen LogP contribution in [0.3, 0.4) is 0 Å². The van der Waals surface area contributed by atoms with Gasteiger partial charge in [-0.2, -0.15) is 4.57 Å². The van der Waals surface area contributed by atoms with Crippen molar-refractivity contribution in [2.24, 2.45) is 0 Å². The van der Waals surface area contributed by atoms with Gasteiger partial charge in [0.2, 0.25) is 5.69 Å². The maximum absolute atomic E-state index is 4.35. The molecule has 2 aromatic rings. The number of fused-ring (bicyclic) bond motifs is 3. The normalized spacial score (nSPS) is 17.0. The summed E-state index contributed by atoms with van der Waals surface area (Å²) in [6, 6.07) is 11.3. The van der Waals surface area contributed by atoms with Gasteiger partial charge in [0.05, 0.1) is 5.56 Å². The summed E-state index contributed by atoms with van der Waals surface area (Å²) in [6.07, 6.45) is 3.34. The lowest BCUT2D eigenvalue weighted by molar-refractivity contribution is -0.700. The molecule has 1 heteroatoms. The van der Waals surface area contributed by atoms with Crippen LogP contribution in [-0.4, -0.2) is 0 Å². The SMILES string of the molecule is C=C1c2ccccc2-c2c(C)cc(C)c[n+]2C1CC. The Bertz CT molecular complexity index is 667. The number of aromatic nitrogens is 1. The molecule has 0 bridgehead atoms. The van der Waals surface area contributed by atoms with E-state index in [1.807, 2.05) is 0 Å². The molecule has 19 heavy (non-hydrogen) atoms. The Morgan fingerprint density at radius 3 is 2.53 bits per heavy atom. The molecule has 1 unspecified atom stereocenters. The molecule has 1 aliphatic heterocycles. The van der Waals surface area contributed by atoms with Crippen molar-refractivity contribution in [2.75, 3.05) is 0 Å². The standard InChI is InChI=1S/C18H20N/c1-5-17-14(4)15-8-6-7-9-16(15)18-13(3)10-12(2)11-19(17)18/h6-11,17H,4-5H2,1-3H3/q+1. The van der Waals surface area contributed by atoms with Gasteiger partial charge in [0.25, 0.3) is 0 Å². The first-order chi connectivity index (χ1) is 9.13. The summed E-state index contributed by atoms with van der Waals surface area (Å²) >= 11 is 0. The second-order valence-electron chi connectivity index (χ2n) is 5.45. The smallest absolute Gasteiger partial charge is 0.191 e. The monoisotopic (exact) mass is 250 g/mol. The first-order valence-corrected chi connectivity index (χ1v) is 6.94. The van der Waals surface area contributed by atoms with E-state index in [1.54, 1.807) is 0 Å². The lowest BCUT2D eigenvalue weighted by Crippen LogP contribution is -2.45. The third kappa shape index (κ3) is 1.73. The van der Waals surface area contributed by atoms with Crippen LogP contribution in [0.15, 0.2) is 43.1 Å². The number of allylic oxidation sites excluding steroid dienone is 1. The Labute approximate surface area is 115 Å². The summed E-state index contributed by atoms with van der Waals surface area (Å²) in [7, 11) is 0. The van der Waals surface area contributed by atoms with Crippen LogP contribution < -0.4 is 4.57 Å². The van der Waals surface area contributed by atoms with E-state index in [1.165, 1.54) is 33.5 Å². The summed E-state index contributed by atoms with van der Waals surface area (Å²) < 4.78 is 2.41. The molecule has 0 radical (unpaired) electrons. The zero-order valence-corrected chi connectivity index (χ0v) is 11.9.